The van der Waals surface area contributed by atoms with Gasteiger partial charge in [0.15, 0.2) is 33.6 Å². The Balaban J connectivity index is 1.66. The Bertz CT molecular complexity index is 1060. The molecule has 0 radical (unpaired) electrons. The van der Waals surface area contributed by atoms with Crippen LogP contribution in [0.2, 0.25) is 0 Å². The first kappa shape index (κ1) is 20.7. The van der Waals surface area contributed by atoms with E-state index in [1.165, 1.54) is 11.9 Å². The highest BCUT2D eigenvalue weighted by molar-refractivity contribution is 7.99. The fourth-order valence-electron chi connectivity index (χ4n) is 3.30. The van der Waals surface area contributed by atoms with Gasteiger partial charge in [0.2, 0.25) is 6.79 Å². The second kappa shape index (κ2) is 8.31. The second-order valence-electron chi connectivity index (χ2n) is 8.48. The Hall–Kier alpha value is -2.52. The summed E-state index contributed by atoms with van der Waals surface area (Å²) in [6, 6.07) is 4.08. The number of imidazole rings is 1. The first-order chi connectivity index (χ1) is 14.4. The molecule has 160 valence electrons. The van der Waals surface area contributed by atoms with Crippen LogP contribution >= 0.6 is 11.8 Å². The predicted molar refractivity (Wildman–Crippen MR) is 118 cm³/mol. The maximum atomic E-state index is 6.09. The zero-order valence-electron chi connectivity index (χ0n) is 17.9. The number of hydrogen-bond donors (Lipinski definition) is 2. The summed E-state index contributed by atoms with van der Waals surface area (Å²) in [7, 11) is 0. The zero-order valence-corrected chi connectivity index (χ0v) is 18.7. The molecule has 0 saturated carbocycles. The molecule has 8 nitrogen and oxygen atoms in total. The molecule has 0 bridgehead atoms. The van der Waals surface area contributed by atoms with Crippen LogP contribution in [0.15, 0.2) is 28.5 Å². The highest BCUT2D eigenvalue weighted by Crippen LogP contribution is 2.41. The van der Waals surface area contributed by atoms with Crippen molar-refractivity contribution < 1.29 is 9.47 Å². The Kier molecular flexibility index (Phi) is 5.75. The lowest BCUT2D eigenvalue weighted by atomic mass is 9.97. The second-order valence-corrected chi connectivity index (χ2v) is 9.49. The van der Waals surface area contributed by atoms with E-state index in [0.29, 0.717) is 11.3 Å². The maximum Gasteiger partial charge on any atom is 0.231 e. The average molecular weight is 429 g/mol. The number of nitrogens with zero attached hydrogens (tertiary/aromatic N) is 4. The Morgan fingerprint density at radius 2 is 1.97 bits per heavy atom. The molecule has 1 aromatic carbocycles. The van der Waals surface area contributed by atoms with Gasteiger partial charge in [-0.3, -0.25) is 0 Å². The lowest BCUT2D eigenvalue weighted by molar-refractivity contribution is 0.174. The SMILES string of the molecule is CCc1cc2c(cc1Sc1nc3c(N)ncnc3n1CCNCC(C)(C)C)OCO2. The lowest BCUT2D eigenvalue weighted by Crippen LogP contribution is -2.29. The van der Waals surface area contributed by atoms with Gasteiger partial charge in [0, 0.05) is 24.5 Å². The fraction of sp³-hybridized carbons (Fsp3) is 0.476. The van der Waals surface area contributed by atoms with E-state index in [1.54, 1.807) is 11.8 Å². The number of nitrogens with two attached hydrogens (primary N) is 1. The van der Waals surface area contributed by atoms with Crippen LogP contribution in [0.25, 0.3) is 11.2 Å². The molecule has 2 aromatic heterocycles. The van der Waals surface area contributed by atoms with Crippen molar-refractivity contribution in [2.45, 2.75) is 50.7 Å². The van der Waals surface area contributed by atoms with E-state index in [9.17, 15) is 0 Å². The van der Waals surface area contributed by atoms with E-state index in [-0.39, 0.29) is 12.2 Å². The van der Waals surface area contributed by atoms with Gasteiger partial charge >= 0.3 is 0 Å². The van der Waals surface area contributed by atoms with Gasteiger partial charge < -0.3 is 25.1 Å². The number of fused-ring (bicyclic) bond motifs is 2. The van der Waals surface area contributed by atoms with E-state index in [0.717, 1.165) is 53.3 Å². The fourth-order valence-corrected chi connectivity index (χ4v) is 4.42. The molecule has 0 spiro atoms. The number of ether oxygens (including phenoxy) is 2. The highest BCUT2D eigenvalue weighted by atomic mass is 32.2. The summed E-state index contributed by atoms with van der Waals surface area (Å²) in [5.74, 6) is 1.96. The quantitative estimate of drug-likeness (QED) is 0.552. The molecule has 0 fully saturated rings. The summed E-state index contributed by atoms with van der Waals surface area (Å²) in [4.78, 5) is 14.4. The molecule has 3 N–H and O–H groups in total. The maximum absolute atomic E-state index is 6.09. The monoisotopic (exact) mass is 428 g/mol. The number of nitrogen functional groups attached to an aromatic ring is 1. The van der Waals surface area contributed by atoms with Gasteiger partial charge in [0.05, 0.1) is 0 Å². The number of benzene rings is 1. The van der Waals surface area contributed by atoms with Gasteiger partial charge in [-0.05, 0) is 29.5 Å². The summed E-state index contributed by atoms with van der Waals surface area (Å²) in [5.41, 5.74) is 8.88. The minimum absolute atomic E-state index is 0.226. The van der Waals surface area contributed by atoms with E-state index in [1.807, 2.05) is 6.07 Å². The molecule has 30 heavy (non-hydrogen) atoms. The summed E-state index contributed by atoms with van der Waals surface area (Å²) in [6.07, 6.45) is 2.37. The molecule has 0 atom stereocenters. The van der Waals surface area contributed by atoms with Crippen molar-refractivity contribution in [2.24, 2.45) is 5.41 Å². The number of aryl methyl sites for hydroxylation is 1. The van der Waals surface area contributed by atoms with Crippen LogP contribution in [0.3, 0.4) is 0 Å². The molecule has 3 aromatic rings. The number of anilines is 1. The Labute approximate surface area is 180 Å². The summed E-state index contributed by atoms with van der Waals surface area (Å²) in [6.45, 7) is 11.5. The predicted octanol–water partition coefficient (Wildman–Crippen LogP) is 3.49. The van der Waals surface area contributed by atoms with Crippen LogP contribution in [0.4, 0.5) is 5.82 Å². The van der Waals surface area contributed by atoms with Crippen LogP contribution in [0, 0.1) is 5.41 Å². The van der Waals surface area contributed by atoms with E-state index in [2.05, 4.69) is 53.6 Å². The van der Waals surface area contributed by atoms with Gasteiger partial charge in [-0.1, -0.05) is 39.5 Å². The van der Waals surface area contributed by atoms with Crippen LogP contribution in [0.5, 0.6) is 11.5 Å². The minimum Gasteiger partial charge on any atom is -0.454 e. The van der Waals surface area contributed by atoms with Crippen molar-refractivity contribution in [1.82, 2.24) is 24.8 Å². The van der Waals surface area contributed by atoms with Crippen LogP contribution in [0.1, 0.15) is 33.3 Å². The molecule has 1 aliphatic rings. The van der Waals surface area contributed by atoms with Gasteiger partial charge in [-0.25, -0.2) is 15.0 Å². The molecule has 1 aliphatic heterocycles. The largest absolute Gasteiger partial charge is 0.454 e. The third kappa shape index (κ3) is 4.32. The average Bonchev–Trinajstić information content (AvgIpc) is 3.29. The topological polar surface area (TPSA) is 100 Å². The molecular weight excluding hydrogens is 400 g/mol. The summed E-state index contributed by atoms with van der Waals surface area (Å²) >= 11 is 1.59. The third-order valence-corrected chi connectivity index (χ3v) is 5.92. The van der Waals surface area contributed by atoms with Gasteiger partial charge in [0.25, 0.3) is 0 Å². The molecular formula is C21H28N6O2S. The number of nitrogens with one attached hydrogen (secondary N) is 1. The van der Waals surface area contributed by atoms with Gasteiger partial charge in [-0.15, -0.1) is 0 Å². The van der Waals surface area contributed by atoms with Gasteiger partial charge in [0.1, 0.15) is 6.33 Å². The van der Waals surface area contributed by atoms with Crippen molar-refractivity contribution in [2.75, 3.05) is 25.6 Å². The van der Waals surface area contributed by atoms with Crippen LogP contribution < -0.4 is 20.5 Å². The first-order valence-electron chi connectivity index (χ1n) is 10.1. The van der Waals surface area contributed by atoms with E-state index < -0.39 is 0 Å². The zero-order chi connectivity index (χ0) is 21.3. The molecule has 0 aliphatic carbocycles. The van der Waals surface area contributed by atoms with E-state index >= 15 is 0 Å². The molecule has 0 saturated heterocycles. The van der Waals surface area contributed by atoms with Crippen molar-refractivity contribution >= 4 is 28.7 Å². The van der Waals surface area contributed by atoms with Crippen molar-refractivity contribution in [3.8, 4) is 11.5 Å². The molecule has 4 rings (SSSR count). The van der Waals surface area contributed by atoms with Crippen molar-refractivity contribution in [1.29, 1.82) is 0 Å². The number of hydrogen-bond acceptors (Lipinski definition) is 8. The lowest BCUT2D eigenvalue weighted by Gasteiger charge is -2.19. The third-order valence-electron chi connectivity index (χ3n) is 4.83. The molecule has 0 amide bonds. The van der Waals surface area contributed by atoms with Gasteiger partial charge in [-0.2, -0.15) is 0 Å². The highest BCUT2D eigenvalue weighted by Gasteiger charge is 2.21. The molecule has 3 heterocycles. The smallest absolute Gasteiger partial charge is 0.231 e. The van der Waals surface area contributed by atoms with Crippen molar-refractivity contribution in [3.63, 3.8) is 0 Å². The normalized spacial score (nSPS) is 13.3. The molecule has 9 heteroatoms. The van der Waals surface area contributed by atoms with Crippen LogP contribution in [-0.2, 0) is 13.0 Å². The minimum atomic E-state index is 0.226. The number of rotatable bonds is 7. The Morgan fingerprint density at radius 1 is 1.20 bits per heavy atom. The Morgan fingerprint density at radius 3 is 2.70 bits per heavy atom. The van der Waals surface area contributed by atoms with Crippen molar-refractivity contribution in [3.05, 3.63) is 24.0 Å². The summed E-state index contributed by atoms with van der Waals surface area (Å²) in [5, 5.41) is 4.36. The standard InChI is InChI=1S/C21H28N6O2S/c1-5-13-8-14-15(29-12-28-14)9-16(13)30-20-26-17-18(22)24-11-25-19(17)27(20)7-6-23-10-21(2,3)4/h8-9,11,23H,5-7,10,12H2,1-4H3,(H2,22,24,25). The first-order valence-corrected chi connectivity index (χ1v) is 10.9. The van der Waals surface area contributed by atoms with Crippen LogP contribution in [-0.4, -0.2) is 39.4 Å². The number of aromatic nitrogens is 4. The summed E-state index contributed by atoms with van der Waals surface area (Å²) < 4.78 is 13.2. The molecule has 0 unspecified atom stereocenters. The van der Waals surface area contributed by atoms with E-state index in [4.69, 9.17) is 20.2 Å².